The molecule has 0 fully saturated rings. The molecule has 3 aliphatic rings. The van der Waals surface area contributed by atoms with E-state index in [2.05, 4.69) is 166 Å². The second kappa shape index (κ2) is 10.7. The lowest BCUT2D eigenvalue weighted by Gasteiger charge is -2.37. The minimum atomic E-state index is -0.641. The SMILES string of the molecule is Cc1cc(C(C)(C)C)cc2c1-c1c(OC3=CC(C(C)(C)C)=CC4C3c3c(C)cc(C(C)(C)C)cc3C4(C)C)cc(C(C)(C)C)cc1C2(C)N. The molecule has 0 spiro atoms. The van der Waals surface area contributed by atoms with Crippen LogP contribution in [0.25, 0.3) is 11.1 Å². The van der Waals surface area contributed by atoms with Crippen LogP contribution in [0.15, 0.2) is 59.9 Å². The van der Waals surface area contributed by atoms with Gasteiger partial charge >= 0.3 is 0 Å². The van der Waals surface area contributed by atoms with Crippen LogP contribution in [0.2, 0.25) is 0 Å². The summed E-state index contributed by atoms with van der Waals surface area (Å²) in [6.45, 7) is 39.4. The zero-order chi connectivity index (χ0) is 36.6. The fourth-order valence-electron chi connectivity index (χ4n) is 8.65. The minimum Gasteiger partial charge on any atom is -0.460 e. The average Bonchev–Trinajstić information content (AvgIpc) is 3.31. The number of ether oxygens (including phenoxy) is 1. The Morgan fingerprint density at radius 2 is 1.06 bits per heavy atom. The third-order valence-electron chi connectivity index (χ3n) is 12.0. The molecule has 3 atom stereocenters. The van der Waals surface area contributed by atoms with Crippen molar-refractivity contribution in [1.82, 2.24) is 0 Å². The van der Waals surface area contributed by atoms with Crippen LogP contribution in [0.3, 0.4) is 0 Å². The maximum Gasteiger partial charge on any atom is 0.135 e. The summed E-state index contributed by atoms with van der Waals surface area (Å²) in [7, 11) is 0. The van der Waals surface area contributed by atoms with E-state index < -0.39 is 5.54 Å². The number of allylic oxidation sites excluding steroid dienone is 4. The first kappa shape index (κ1) is 35.7. The quantitative estimate of drug-likeness (QED) is 0.298. The van der Waals surface area contributed by atoms with Crippen molar-refractivity contribution in [2.75, 3.05) is 0 Å². The summed E-state index contributed by atoms with van der Waals surface area (Å²) in [6.07, 6.45) is 4.96. The van der Waals surface area contributed by atoms with E-state index in [0.29, 0.717) is 0 Å². The average molecular weight is 658 g/mol. The Labute approximate surface area is 298 Å². The van der Waals surface area contributed by atoms with Gasteiger partial charge in [-0.15, -0.1) is 0 Å². The molecular weight excluding hydrogens is 595 g/mol. The Hall–Kier alpha value is -3.10. The highest BCUT2D eigenvalue weighted by Gasteiger charge is 2.51. The van der Waals surface area contributed by atoms with E-state index in [9.17, 15) is 0 Å². The summed E-state index contributed by atoms with van der Waals surface area (Å²) in [5.41, 5.74) is 22.4. The molecule has 6 rings (SSSR count). The van der Waals surface area contributed by atoms with E-state index in [-0.39, 0.29) is 38.9 Å². The zero-order valence-electron chi connectivity index (χ0n) is 33.8. The lowest BCUT2D eigenvalue weighted by molar-refractivity contribution is 0.302. The molecule has 49 heavy (non-hydrogen) atoms. The summed E-state index contributed by atoms with van der Waals surface area (Å²) < 4.78 is 7.54. The van der Waals surface area contributed by atoms with Crippen molar-refractivity contribution in [2.24, 2.45) is 17.1 Å². The predicted octanol–water partition coefficient (Wildman–Crippen LogP) is 12.3. The Bertz CT molecular complexity index is 1930. The summed E-state index contributed by atoms with van der Waals surface area (Å²) in [5, 5.41) is 0. The molecule has 3 aliphatic carbocycles. The van der Waals surface area contributed by atoms with E-state index in [4.69, 9.17) is 10.5 Å². The van der Waals surface area contributed by atoms with E-state index in [0.717, 1.165) is 22.6 Å². The van der Waals surface area contributed by atoms with Crippen molar-refractivity contribution in [3.63, 3.8) is 0 Å². The molecule has 0 amide bonds. The molecule has 2 nitrogen and oxygen atoms in total. The molecule has 2 N–H and O–H groups in total. The second-order valence-electron chi connectivity index (χ2n) is 20.6. The topological polar surface area (TPSA) is 35.2 Å². The van der Waals surface area contributed by atoms with Crippen LogP contribution in [0.4, 0.5) is 0 Å². The van der Waals surface area contributed by atoms with Crippen molar-refractivity contribution >= 4 is 0 Å². The summed E-state index contributed by atoms with van der Waals surface area (Å²) in [6, 6.07) is 14.4. The highest BCUT2D eigenvalue weighted by Crippen LogP contribution is 2.60. The maximum atomic E-state index is 7.54. The number of nitrogens with two attached hydrogens (primary N) is 1. The number of aryl methyl sites for hydroxylation is 2. The highest BCUT2D eigenvalue weighted by molar-refractivity contribution is 5.88. The number of fused-ring (bicyclic) bond motifs is 6. The van der Waals surface area contributed by atoms with E-state index >= 15 is 0 Å². The van der Waals surface area contributed by atoms with Crippen LogP contribution >= 0.6 is 0 Å². The summed E-state index contributed by atoms with van der Waals surface area (Å²) >= 11 is 0. The first-order chi connectivity index (χ1) is 22.1. The second-order valence-corrected chi connectivity index (χ2v) is 20.6. The number of benzene rings is 3. The molecule has 0 aliphatic heterocycles. The van der Waals surface area contributed by atoms with Gasteiger partial charge in [0.1, 0.15) is 11.5 Å². The third-order valence-corrected chi connectivity index (χ3v) is 12.0. The number of hydrogen-bond acceptors (Lipinski definition) is 2. The van der Waals surface area contributed by atoms with Crippen molar-refractivity contribution < 1.29 is 4.74 Å². The van der Waals surface area contributed by atoms with E-state index in [1.807, 2.05) is 0 Å². The van der Waals surface area contributed by atoms with Gasteiger partial charge in [-0.2, -0.15) is 0 Å². The van der Waals surface area contributed by atoms with Gasteiger partial charge in [0.2, 0.25) is 0 Å². The van der Waals surface area contributed by atoms with Crippen molar-refractivity contribution in [3.05, 3.63) is 110 Å². The Morgan fingerprint density at radius 3 is 1.57 bits per heavy atom. The lowest BCUT2D eigenvalue weighted by Crippen LogP contribution is -2.33. The number of hydrogen-bond donors (Lipinski definition) is 1. The molecule has 0 saturated carbocycles. The molecule has 3 aromatic rings. The fraction of sp³-hybridized carbons (Fsp3) is 0.532. The van der Waals surface area contributed by atoms with Gasteiger partial charge in [-0.05, 0) is 121 Å². The van der Waals surface area contributed by atoms with Crippen LogP contribution < -0.4 is 10.5 Å². The Kier molecular flexibility index (Phi) is 7.80. The molecule has 0 radical (unpaired) electrons. The Balaban J connectivity index is 1.63. The van der Waals surface area contributed by atoms with Crippen LogP contribution in [0.5, 0.6) is 5.75 Å². The van der Waals surface area contributed by atoms with Gasteiger partial charge in [-0.1, -0.05) is 133 Å². The first-order valence-corrected chi connectivity index (χ1v) is 18.6. The standard InChI is InChI=1S/C47H63NO/c1-26-18-28(42(3,4)5)20-32-38(26)40-33(46(32,15)16)21-30(44(9,10)11)24-36(40)49-37-25-31(45(12,13)14)23-35-41(37)39-27(2)19-29(43(6,7)8)22-34(39)47(35,17)48/h18-25,33,40H,48H2,1-17H3. The predicted molar refractivity (Wildman–Crippen MR) is 210 cm³/mol. The smallest absolute Gasteiger partial charge is 0.135 e. The third kappa shape index (κ3) is 5.65. The van der Waals surface area contributed by atoms with Gasteiger partial charge in [0.15, 0.2) is 0 Å². The van der Waals surface area contributed by atoms with Gasteiger partial charge in [0, 0.05) is 17.4 Å². The van der Waals surface area contributed by atoms with Crippen LogP contribution in [0, 0.1) is 25.2 Å². The molecule has 2 heteroatoms. The number of rotatable bonds is 2. The van der Waals surface area contributed by atoms with Crippen LogP contribution in [0.1, 0.15) is 160 Å². The van der Waals surface area contributed by atoms with Gasteiger partial charge in [0.25, 0.3) is 0 Å². The lowest BCUT2D eigenvalue weighted by atomic mass is 9.69. The van der Waals surface area contributed by atoms with Crippen LogP contribution in [-0.4, -0.2) is 0 Å². The molecule has 0 aromatic heterocycles. The van der Waals surface area contributed by atoms with Crippen molar-refractivity contribution in [2.45, 2.75) is 151 Å². The molecular formula is C47H63NO. The molecule has 3 aromatic carbocycles. The van der Waals surface area contributed by atoms with Crippen molar-refractivity contribution in [1.29, 1.82) is 0 Å². The largest absolute Gasteiger partial charge is 0.460 e. The molecule has 0 heterocycles. The van der Waals surface area contributed by atoms with Crippen molar-refractivity contribution in [3.8, 4) is 16.9 Å². The molecule has 3 unspecified atom stereocenters. The van der Waals surface area contributed by atoms with Gasteiger partial charge in [-0.3, -0.25) is 0 Å². The highest BCUT2D eigenvalue weighted by atomic mass is 16.5. The summed E-state index contributed by atoms with van der Waals surface area (Å²) in [5.74, 6) is 2.40. The minimum absolute atomic E-state index is 0.0194. The Morgan fingerprint density at radius 1 is 0.592 bits per heavy atom. The van der Waals surface area contributed by atoms with Crippen LogP contribution in [-0.2, 0) is 27.2 Å². The van der Waals surface area contributed by atoms with Gasteiger partial charge in [-0.25, -0.2) is 0 Å². The van der Waals surface area contributed by atoms with Gasteiger partial charge in [0.05, 0.1) is 5.54 Å². The van der Waals surface area contributed by atoms with E-state index in [1.54, 1.807) is 0 Å². The molecule has 0 bridgehead atoms. The molecule has 262 valence electrons. The summed E-state index contributed by atoms with van der Waals surface area (Å²) in [4.78, 5) is 0. The molecule has 0 saturated heterocycles. The zero-order valence-corrected chi connectivity index (χ0v) is 33.8. The van der Waals surface area contributed by atoms with Gasteiger partial charge < -0.3 is 10.5 Å². The normalized spacial score (nSPS) is 23.0. The van der Waals surface area contributed by atoms with E-state index in [1.165, 1.54) is 55.6 Å². The monoisotopic (exact) mass is 657 g/mol. The fourth-order valence-corrected chi connectivity index (χ4v) is 8.65. The first-order valence-electron chi connectivity index (χ1n) is 18.6. The maximum absolute atomic E-state index is 7.54.